The minimum atomic E-state index is -0.0913. The SMILES string of the molecule is CC(C)CN=C(N)NCCCC(=O)OC1CCCC1. The zero-order valence-electron chi connectivity index (χ0n) is 12.2. The molecule has 1 aliphatic rings. The summed E-state index contributed by atoms with van der Waals surface area (Å²) in [7, 11) is 0. The van der Waals surface area contributed by atoms with Gasteiger partial charge in [0, 0.05) is 19.5 Å². The van der Waals surface area contributed by atoms with Gasteiger partial charge in [0.1, 0.15) is 6.10 Å². The van der Waals surface area contributed by atoms with Gasteiger partial charge in [0.15, 0.2) is 5.96 Å². The summed E-state index contributed by atoms with van der Waals surface area (Å²) in [6.45, 7) is 5.57. The number of nitrogens with two attached hydrogens (primary N) is 1. The van der Waals surface area contributed by atoms with Gasteiger partial charge in [-0.3, -0.25) is 9.79 Å². The van der Waals surface area contributed by atoms with Gasteiger partial charge in [-0.15, -0.1) is 0 Å². The van der Waals surface area contributed by atoms with E-state index in [0.29, 0.717) is 24.8 Å². The van der Waals surface area contributed by atoms with Gasteiger partial charge in [-0.05, 0) is 38.0 Å². The second kappa shape index (κ2) is 8.77. The first-order valence-electron chi connectivity index (χ1n) is 7.31. The molecule has 0 aromatic heterocycles. The molecule has 0 atom stereocenters. The van der Waals surface area contributed by atoms with Crippen LogP contribution in [0.5, 0.6) is 0 Å². The van der Waals surface area contributed by atoms with Crippen LogP contribution in [0.4, 0.5) is 0 Å². The summed E-state index contributed by atoms with van der Waals surface area (Å²) < 4.78 is 5.37. The predicted molar refractivity (Wildman–Crippen MR) is 76.9 cm³/mol. The van der Waals surface area contributed by atoms with E-state index in [1.54, 1.807) is 0 Å². The normalized spacial score (nSPS) is 16.9. The van der Waals surface area contributed by atoms with Gasteiger partial charge in [0.05, 0.1) is 0 Å². The van der Waals surface area contributed by atoms with Crippen molar-refractivity contribution in [3.05, 3.63) is 0 Å². The number of rotatable bonds is 7. The Morgan fingerprint density at radius 2 is 2.11 bits per heavy atom. The lowest BCUT2D eigenvalue weighted by atomic mass is 10.2. The number of hydrogen-bond acceptors (Lipinski definition) is 3. The van der Waals surface area contributed by atoms with E-state index in [1.807, 2.05) is 0 Å². The van der Waals surface area contributed by atoms with Gasteiger partial charge >= 0.3 is 5.97 Å². The zero-order valence-corrected chi connectivity index (χ0v) is 12.2. The number of hydrogen-bond donors (Lipinski definition) is 2. The monoisotopic (exact) mass is 269 g/mol. The largest absolute Gasteiger partial charge is 0.462 e. The fourth-order valence-corrected chi connectivity index (χ4v) is 2.04. The van der Waals surface area contributed by atoms with Crippen LogP contribution < -0.4 is 11.1 Å². The van der Waals surface area contributed by atoms with Crippen molar-refractivity contribution in [3.63, 3.8) is 0 Å². The maximum absolute atomic E-state index is 11.5. The van der Waals surface area contributed by atoms with E-state index < -0.39 is 0 Å². The molecule has 0 heterocycles. The van der Waals surface area contributed by atoms with Crippen LogP contribution in [-0.2, 0) is 9.53 Å². The molecule has 0 amide bonds. The van der Waals surface area contributed by atoms with E-state index in [0.717, 1.165) is 25.8 Å². The summed E-state index contributed by atoms with van der Waals surface area (Å²) >= 11 is 0. The number of guanidine groups is 1. The van der Waals surface area contributed by atoms with Gasteiger partial charge < -0.3 is 15.8 Å². The Balaban J connectivity index is 2.03. The summed E-state index contributed by atoms with van der Waals surface area (Å²) in [4.78, 5) is 15.7. The maximum atomic E-state index is 11.5. The van der Waals surface area contributed by atoms with Gasteiger partial charge in [-0.25, -0.2) is 0 Å². The highest BCUT2D eigenvalue weighted by atomic mass is 16.5. The average molecular weight is 269 g/mol. The standard InChI is InChI=1S/C14H27N3O2/c1-11(2)10-17-14(15)16-9-5-8-13(18)19-12-6-3-4-7-12/h11-12H,3-10H2,1-2H3,(H3,15,16,17). The minimum absolute atomic E-state index is 0.0913. The van der Waals surface area contributed by atoms with Crippen molar-refractivity contribution in [2.45, 2.75) is 58.5 Å². The first-order valence-corrected chi connectivity index (χ1v) is 7.31. The minimum Gasteiger partial charge on any atom is -0.462 e. The van der Waals surface area contributed by atoms with Crippen LogP contribution in [0.25, 0.3) is 0 Å². The lowest BCUT2D eigenvalue weighted by Crippen LogP contribution is -2.33. The second-order valence-corrected chi connectivity index (χ2v) is 5.55. The molecule has 0 spiro atoms. The molecular formula is C14H27N3O2. The Hall–Kier alpha value is -1.26. The van der Waals surface area contributed by atoms with Crippen LogP contribution >= 0.6 is 0 Å². The number of nitrogens with zero attached hydrogens (tertiary/aromatic N) is 1. The molecule has 0 bridgehead atoms. The molecule has 1 aliphatic carbocycles. The molecule has 0 aromatic rings. The highest BCUT2D eigenvalue weighted by molar-refractivity contribution is 5.77. The summed E-state index contributed by atoms with van der Waals surface area (Å²) in [5.41, 5.74) is 5.69. The molecule has 5 nitrogen and oxygen atoms in total. The Morgan fingerprint density at radius 3 is 2.74 bits per heavy atom. The molecule has 0 radical (unpaired) electrons. The van der Waals surface area contributed by atoms with Gasteiger partial charge in [-0.1, -0.05) is 13.8 Å². The quantitative estimate of drug-likeness (QED) is 0.320. The molecule has 0 aromatic carbocycles. The Morgan fingerprint density at radius 1 is 1.42 bits per heavy atom. The van der Waals surface area contributed by atoms with Crippen molar-refractivity contribution in [1.29, 1.82) is 0 Å². The van der Waals surface area contributed by atoms with Crippen LogP contribution in [0.15, 0.2) is 4.99 Å². The van der Waals surface area contributed by atoms with E-state index in [-0.39, 0.29) is 12.1 Å². The average Bonchev–Trinajstić information content (AvgIpc) is 2.85. The molecule has 0 aliphatic heterocycles. The number of ether oxygens (including phenoxy) is 1. The first kappa shape index (κ1) is 15.8. The third-order valence-electron chi connectivity index (χ3n) is 3.09. The molecule has 1 saturated carbocycles. The third kappa shape index (κ3) is 7.70. The van der Waals surface area contributed by atoms with E-state index in [1.165, 1.54) is 12.8 Å². The highest BCUT2D eigenvalue weighted by Gasteiger charge is 2.18. The lowest BCUT2D eigenvalue weighted by Gasteiger charge is -2.11. The van der Waals surface area contributed by atoms with E-state index in [9.17, 15) is 4.79 Å². The lowest BCUT2D eigenvalue weighted by molar-refractivity contribution is -0.148. The molecule has 0 saturated heterocycles. The number of carbonyl (C=O) groups is 1. The Labute approximate surface area is 116 Å². The molecule has 1 fully saturated rings. The molecule has 19 heavy (non-hydrogen) atoms. The summed E-state index contributed by atoms with van der Waals surface area (Å²) in [6, 6.07) is 0. The van der Waals surface area contributed by atoms with Crippen LogP contribution in [0, 0.1) is 5.92 Å². The Bertz CT molecular complexity index is 297. The number of aliphatic imine (C=N–C) groups is 1. The fourth-order valence-electron chi connectivity index (χ4n) is 2.04. The molecule has 3 N–H and O–H groups in total. The summed E-state index contributed by atoms with van der Waals surface area (Å²) in [5.74, 6) is 0.867. The molecule has 110 valence electrons. The highest BCUT2D eigenvalue weighted by Crippen LogP contribution is 2.21. The molecule has 1 rings (SSSR count). The van der Waals surface area contributed by atoms with Crippen LogP contribution in [0.1, 0.15) is 52.4 Å². The summed E-state index contributed by atoms with van der Waals surface area (Å²) in [5, 5.41) is 3.01. The third-order valence-corrected chi connectivity index (χ3v) is 3.09. The maximum Gasteiger partial charge on any atom is 0.306 e. The van der Waals surface area contributed by atoms with Crippen LogP contribution in [-0.4, -0.2) is 31.1 Å². The number of nitrogens with one attached hydrogen (secondary N) is 1. The molecule has 0 unspecified atom stereocenters. The molecule has 5 heteroatoms. The van der Waals surface area contributed by atoms with Gasteiger partial charge in [0.25, 0.3) is 0 Å². The van der Waals surface area contributed by atoms with Crippen molar-refractivity contribution in [1.82, 2.24) is 5.32 Å². The van der Waals surface area contributed by atoms with Crippen LogP contribution in [0.2, 0.25) is 0 Å². The second-order valence-electron chi connectivity index (χ2n) is 5.55. The number of carbonyl (C=O) groups excluding carboxylic acids is 1. The van der Waals surface area contributed by atoms with Gasteiger partial charge in [0.2, 0.25) is 0 Å². The van der Waals surface area contributed by atoms with E-state index >= 15 is 0 Å². The number of esters is 1. The van der Waals surface area contributed by atoms with Crippen molar-refractivity contribution in [2.24, 2.45) is 16.6 Å². The van der Waals surface area contributed by atoms with Crippen molar-refractivity contribution in [3.8, 4) is 0 Å². The Kier molecular flexibility index (Phi) is 7.30. The van der Waals surface area contributed by atoms with E-state index in [2.05, 4.69) is 24.2 Å². The first-order chi connectivity index (χ1) is 9.08. The zero-order chi connectivity index (χ0) is 14.1. The molecular weight excluding hydrogens is 242 g/mol. The summed E-state index contributed by atoms with van der Waals surface area (Å²) in [6.07, 6.45) is 5.75. The van der Waals surface area contributed by atoms with E-state index in [4.69, 9.17) is 10.5 Å². The topological polar surface area (TPSA) is 76.7 Å². The van der Waals surface area contributed by atoms with Crippen molar-refractivity contribution >= 4 is 11.9 Å². The smallest absolute Gasteiger partial charge is 0.306 e. The van der Waals surface area contributed by atoms with Crippen molar-refractivity contribution in [2.75, 3.05) is 13.1 Å². The van der Waals surface area contributed by atoms with Crippen LogP contribution in [0.3, 0.4) is 0 Å². The predicted octanol–water partition coefficient (Wildman–Crippen LogP) is 1.81. The van der Waals surface area contributed by atoms with Gasteiger partial charge in [-0.2, -0.15) is 0 Å². The fraction of sp³-hybridized carbons (Fsp3) is 0.857. The van der Waals surface area contributed by atoms with Crippen molar-refractivity contribution < 1.29 is 9.53 Å².